The highest BCUT2D eigenvalue weighted by molar-refractivity contribution is 7.94. The molecule has 7 heteroatoms. The molecule has 0 aliphatic carbocycles. The van der Waals surface area contributed by atoms with Crippen molar-refractivity contribution in [2.75, 3.05) is 14.2 Å². The maximum Gasteiger partial charge on any atom is 0.374 e. The largest absolute Gasteiger partial charge is 0.484 e. The Kier molecular flexibility index (Phi) is 6.51. The van der Waals surface area contributed by atoms with E-state index in [9.17, 15) is 4.79 Å². The molecule has 0 atom stereocenters. The quantitative estimate of drug-likeness (QED) is 0.298. The number of esters is 1. The highest BCUT2D eigenvalue weighted by Gasteiger charge is 2.43. The molecule has 0 N–H and O–H groups in total. The Morgan fingerprint density at radius 2 is 1.96 bits per heavy atom. The van der Waals surface area contributed by atoms with Crippen LogP contribution in [-0.4, -0.2) is 31.9 Å². The first kappa shape index (κ1) is 19.8. The zero-order valence-corrected chi connectivity index (χ0v) is 16.2. The van der Waals surface area contributed by atoms with Gasteiger partial charge in [-0.3, -0.25) is 0 Å². The fourth-order valence-electron chi connectivity index (χ4n) is 2.68. The van der Waals surface area contributed by atoms with Crippen molar-refractivity contribution < 1.29 is 28.2 Å². The van der Waals surface area contributed by atoms with Gasteiger partial charge in [0, 0.05) is 12.0 Å². The van der Waals surface area contributed by atoms with Crippen LogP contribution in [0.2, 0.25) is 0 Å². The van der Waals surface area contributed by atoms with Gasteiger partial charge in [-0.2, -0.15) is 4.33 Å². The van der Waals surface area contributed by atoms with Crippen molar-refractivity contribution in [2.45, 2.75) is 50.9 Å². The average molecular weight is 368 g/mol. The average Bonchev–Trinajstić information content (AvgIpc) is 2.74. The summed E-state index contributed by atoms with van der Waals surface area (Å²) in [6, 6.07) is 5.75. The molecule has 0 amide bonds. The zero-order chi connectivity index (χ0) is 18.6. The molecule has 0 unspecified atom stereocenters. The molecule has 0 saturated carbocycles. The van der Waals surface area contributed by atoms with Gasteiger partial charge in [-0.15, -0.1) is 0 Å². The Morgan fingerprint density at radius 1 is 1.24 bits per heavy atom. The number of hydrogen-bond donors (Lipinski definition) is 0. The van der Waals surface area contributed by atoms with Crippen LogP contribution in [0.25, 0.3) is 5.57 Å². The Balaban J connectivity index is 2.51. The van der Waals surface area contributed by atoms with Crippen molar-refractivity contribution in [3.63, 3.8) is 0 Å². The topological polar surface area (TPSA) is 63.2 Å². The molecule has 0 spiro atoms. The Bertz CT molecular complexity index is 666. The van der Waals surface area contributed by atoms with E-state index in [0.29, 0.717) is 6.61 Å². The van der Waals surface area contributed by atoms with Gasteiger partial charge in [-0.25, -0.2) is 9.68 Å². The predicted octanol–water partition coefficient (Wildman–Crippen LogP) is 3.89. The summed E-state index contributed by atoms with van der Waals surface area (Å²) < 4.78 is 21.5. The molecule has 6 nitrogen and oxygen atoms in total. The van der Waals surface area contributed by atoms with Crippen LogP contribution >= 0.6 is 12.0 Å². The number of hydrogen-bond acceptors (Lipinski definition) is 7. The third kappa shape index (κ3) is 4.55. The van der Waals surface area contributed by atoms with Crippen molar-refractivity contribution in [1.82, 2.24) is 0 Å². The molecule has 1 aliphatic rings. The van der Waals surface area contributed by atoms with Gasteiger partial charge in [0.15, 0.2) is 0 Å². The third-order valence-electron chi connectivity index (χ3n) is 3.56. The zero-order valence-electron chi connectivity index (χ0n) is 15.4. The summed E-state index contributed by atoms with van der Waals surface area (Å²) in [6.45, 7) is 7.85. The fraction of sp³-hybridized carbons (Fsp3) is 0.500. The predicted molar refractivity (Wildman–Crippen MR) is 94.4 cm³/mol. The Morgan fingerprint density at radius 3 is 2.56 bits per heavy atom. The van der Waals surface area contributed by atoms with Crippen molar-refractivity contribution >= 4 is 23.6 Å². The van der Waals surface area contributed by atoms with Crippen LogP contribution in [0.1, 0.15) is 38.8 Å². The molecule has 0 saturated heterocycles. The molecule has 1 aromatic rings. The maximum absolute atomic E-state index is 12.3. The number of cyclic esters (lactones) is 1. The maximum atomic E-state index is 12.3. The molecular formula is C18H24O6S. The summed E-state index contributed by atoms with van der Waals surface area (Å²) in [5.74, 6) is -0.180. The molecule has 0 fully saturated rings. The second kappa shape index (κ2) is 8.23. The number of rotatable bonds is 8. The minimum absolute atomic E-state index is 0.130. The summed E-state index contributed by atoms with van der Waals surface area (Å²) in [4.78, 5) is 17.8. The molecule has 0 bridgehead atoms. The van der Waals surface area contributed by atoms with Crippen molar-refractivity contribution in [2.24, 2.45) is 0 Å². The SMILES string of the molecule is COCc1cc(C2=C(OC(C)C)C(=O)OC2(C)C)ccc1SOOC. The fourth-order valence-corrected chi connectivity index (χ4v) is 3.17. The van der Waals surface area contributed by atoms with Crippen LogP contribution in [0, 0.1) is 0 Å². The number of methoxy groups -OCH3 is 1. The van der Waals surface area contributed by atoms with Gasteiger partial charge < -0.3 is 14.2 Å². The van der Waals surface area contributed by atoms with Gasteiger partial charge in [-0.05, 0) is 51.0 Å². The van der Waals surface area contributed by atoms with E-state index in [4.69, 9.17) is 18.5 Å². The lowest BCUT2D eigenvalue weighted by Crippen LogP contribution is -2.22. The number of carbonyl (C=O) groups excluding carboxylic acids is 1. The highest BCUT2D eigenvalue weighted by Crippen LogP contribution is 2.41. The number of ether oxygens (including phenoxy) is 3. The van der Waals surface area contributed by atoms with Crippen molar-refractivity contribution in [3.05, 3.63) is 35.1 Å². The lowest BCUT2D eigenvalue weighted by molar-refractivity contribution is -0.160. The van der Waals surface area contributed by atoms with E-state index < -0.39 is 11.6 Å². The summed E-state index contributed by atoms with van der Waals surface area (Å²) in [5.41, 5.74) is 1.71. The van der Waals surface area contributed by atoms with E-state index in [2.05, 4.69) is 4.89 Å². The lowest BCUT2D eigenvalue weighted by Gasteiger charge is -2.22. The first-order chi connectivity index (χ1) is 11.8. The van der Waals surface area contributed by atoms with Crippen LogP contribution in [0.3, 0.4) is 0 Å². The van der Waals surface area contributed by atoms with E-state index in [1.807, 2.05) is 45.9 Å². The second-order valence-electron chi connectivity index (χ2n) is 6.34. The molecule has 25 heavy (non-hydrogen) atoms. The monoisotopic (exact) mass is 368 g/mol. The Labute approximate surface area is 152 Å². The van der Waals surface area contributed by atoms with E-state index in [1.54, 1.807) is 7.11 Å². The van der Waals surface area contributed by atoms with E-state index in [1.165, 1.54) is 7.11 Å². The van der Waals surface area contributed by atoms with Gasteiger partial charge in [0.2, 0.25) is 5.76 Å². The van der Waals surface area contributed by atoms with Gasteiger partial charge in [0.1, 0.15) is 5.60 Å². The molecule has 1 aromatic carbocycles. The van der Waals surface area contributed by atoms with Crippen molar-refractivity contribution in [1.29, 1.82) is 0 Å². The van der Waals surface area contributed by atoms with Gasteiger partial charge in [-0.1, -0.05) is 6.07 Å². The smallest absolute Gasteiger partial charge is 0.374 e. The third-order valence-corrected chi connectivity index (χ3v) is 4.34. The van der Waals surface area contributed by atoms with Crippen LogP contribution in [0.15, 0.2) is 28.9 Å². The van der Waals surface area contributed by atoms with Crippen LogP contribution in [0.5, 0.6) is 0 Å². The Hall–Kier alpha value is -1.54. The molecule has 138 valence electrons. The van der Waals surface area contributed by atoms with E-state index in [-0.39, 0.29) is 11.9 Å². The van der Waals surface area contributed by atoms with Crippen LogP contribution in [0.4, 0.5) is 0 Å². The summed E-state index contributed by atoms with van der Waals surface area (Å²) in [5, 5.41) is 0. The molecular weight excluding hydrogens is 344 g/mol. The number of benzene rings is 1. The van der Waals surface area contributed by atoms with Crippen molar-refractivity contribution in [3.8, 4) is 0 Å². The summed E-state index contributed by atoms with van der Waals surface area (Å²) in [6.07, 6.45) is -0.130. The molecule has 2 rings (SSSR count). The first-order valence-corrected chi connectivity index (χ1v) is 8.68. The lowest BCUT2D eigenvalue weighted by atomic mass is 9.91. The minimum Gasteiger partial charge on any atom is -0.484 e. The molecule has 1 aliphatic heterocycles. The number of carbonyl (C=O) groups is 1. The first-order valence-electron chi connectivity index (χ1n) is 7.94. The standard InChI is InChI=1S/C18H24O6S/c1-11(2)22-16-15(18(3,4)23-17(16)19)12-7-8-14(25-24-21-6)13(9-12)10-20-5/h7-9,11H,10H2,1-6H3. The van der Waals surface area contributed by atoms with Gasteiger partial charge in [0.05, 0.1) is 37.4 Å². The van der Waals surface area contributed by atoms with Gasteiger partial charge >= 0.3 is 5.97 Å². The van der Waals surface area contributed by atoms with Gasteiger partial charge in [0.25, 0.3) is 0 Å². The summed E-state index contributed by atoms with van der Waals surface area (Å²) >= 11 is 1.10. The van der Waals surface area contributed by atoms with E-state index >= 15 is 0 Å². The highest BCUT2D eigenvalue weighted by atomic mass is 32.2. The second-order valence-corrected chi connectivity index (χ2v) is 7.09. The summed E-state index contributed by atoms with van der Waals surface area (Å²) in [7, 11) is 3.07. The minimum atomic E-state index is -0.774. The molecule has 1 heterocycles. The van der Waals surface area contributed by atoms with E-state index in [0.717, 1.165) is 33.6 Å². The van der Waals surface area contributed by atoms with Crippen LogP contribution in [-0.2, 0) is 34.8 Å². The molecule has 0 radical (unpaired) electrons. The van der Waals surface area contributed by atoms with Crippen LogP contribution < -0.4 is 0 Å². The molecule has 0 aromatic heterocycles. The normalized spacial score (nSPS) is 16.5.